The SMILES string of the molecule is CCc1cc2cc(C#N)ccc2[nH]1. The van der Waals surface area contributed by atoms with Crippen molar-refractivity contribution in [2.75, 3.05) is 0 Å². The third-order valence-electron chi connectivity index (χ3n) is 2.19. The van der Waals surface area contributed by atoms with Crippen LogP contribution in [0.4, 0.5) is 0 Å². The van der Waals surface area contributed by atoms with E-state index >= 15 is 0 Å². The van der Waals surface area contributed by atoms with Crippen LogP contribution in [0.5, 0.6) is 0 Å². The van der Waals surface area contributed by atoms with E-state index in [1.807, 2.05) is 18.2 Å². The summed E-state index contributed by atoms with van der Waals surface area (Å²) >= 11 is 0. The number of hydrogen-bond donors (Lipinski definition) is 1. The molecule has 2 rings (SSSR count). The minimum Gasteiger partial charge on any atom is -0.358 e. The summed E-state index contributed by atoms with van der Waals surface area (Å²) in [6, 6.07) is 9.92. The van der Waals surface area contributed by atoms with Crippen molar-refractivity contribution in [2.45, 2.75) is 13.3 Å². The molecule has 1 N–H and O–H groups in total. The first-order chi connectivity index (χ1) is 6.33. The monoisotopic (exact) mass is 170 g/mol. The molecule has 0 amide bonds. The van der Waals surface area contributed by atoms with E-state index in [0.717, 1.165) is 17.3 Å². The molecule has 0 bridgehead atoms. The Bertz CT molecular complexity index is 474. The largest absolute Gasteiger partial charge is 0.358 e. The van der Waals surface area contributed by atoms with Gasteiger partial charge in [-0.3, -0.25) is 0 Å². The average Bonchev–Trinajstić information content (AvgIpc) is 2.58. The summed E-state index contributed by atoms with van der Waals surface area (Å²) in [4.78, 5) is 3.29. The van der Waals surface area contributed by atoms with Crippen LogP contribution in [0.25, 0.3) is 10.9 Å². The number of hydrogen-bond acceptors (Lipinski definition) is 1. The molecule has 0 spiro atoms. The maximum Gasteiger partial charge on any atom is 0.0991 e. The zero-order chi connectivity index (χ0) is 9.26. The number of nitrogens with zero attached hydrogens (tertiary/aromatic N) is 1. The van der Waals surface area contributed by atoms with E-state index in [-0.39, 0.29) is 0 Å². The Hall–Kier alpha value is -1.75. The topological polar surface area (TPSA) is 39.6 Å². The van der Waals surface area contributed by atoms with E-state index in [2.05, 4.69) is 24.0 Å². The normalized spacial score (nSPS) is 10.2. The van der Waals surface area contributed by atoms with Crippen molar-refractivity contribution in [3.63, 3.8) is 0 Å². The van der Waals surface area contributed by atoms with Crippen molar-refractivity contribution in [1.29, 1.82) is 5.26 Å². The quantitative estimate of drug-likeness (QED) is 0.702. The molecule has 0 saturated carbocycles. The molecule has 64 valence electrons. The van der Waals surface area contributed by atoms with E-state index in [1.165, 1.54) is 5.69 Å². The van der Waals surface area contributed by atoms with Gasteiger partial charge in [0.1, 0.15) is 0 Å². The van der Waals surface area contributed by atoms with Crippen molar-refractivity contribution < 1.29 is 0 Å². The van der Waals surface area contributed by atoms with Gasteiger partial charge in [0.25, 0.3) is 0 Å². The summed E-state index contributed by atoms with van der Waals surface area (Å²) in [5.41, 5.74) is 3.04. The first-order valence-corrected chi connectivity index (χ1v) is 4.35. The molecule has 0 aliphatic rings. The first-order valence-electron chi connectivity index (χ1n) is 4.35. The Morgan fingerprint density at radius 2 is 2.23 bits per heavy atom. The van der Waals surface area contributed by atoms with Crippen molar-refractivity contribution >= 4 is 10.9 Å². The van der Waals surface area contributed by atoms with Crippen LogP contribution in [-0.2, 0) is 6.42 Å². The highest BCUT2D eigenvalue weighted by Gasteiger charge is 1.99. The van der Waals surface area contributed by atoms with Gasteiger partial charge in [-0.25, -0.2) is 0 Å². The van der Waals surface area contributed by atoms with Crippen LogP contribution in [-0.4, -0.2) is 4.98 Å². The lowest BCUT2D eigenvalue weighted by Gasteiger charge is -1.88. The second kappa shape index (κ2) is 2.95. The van der Waals surface area contributed by atoms with E-state index in [0.29, 0.717) is 5.56 Å². The molecule has 2 aromatic rings. The Kier molecular flexibility index (Phi) is 1.79. The Balaban J connectivity index is 2.65. The molecule has 0 fully saturated rings. The number of fused-ring (bicyclic) bond motifs is 1. The number of nitrogens with one attached hydrogen (secondary N) is 1. The lowest BCUT2D eigenvalue weighted by atomic mass is 10.2. The fourth-order valence-corrected chi connectivity index (χ4v) is 1.45. The van der Waals surface area contributed by atoms with E-state index in [1.54, 1.807) is 0 Å². The van der Waals surface area contributed by atoms with Crippen molar-refractivity contribution in [3.05, 3.63) is 35.5 Å². The van der Waals surface area contributed by atoms with Gasteiger partial charge in [0.15, 0.2) is 0 Å². The van der Waals surface area contributed by atoms with Gasteiger partial charge in [-0.15, -0.1) is 0 Å². The summed E-state index contributed by atoms with van der Waals surface area (Å²) in [5, 5.41) is 9.82. The van der Waals surface area contributed by atoms with Crippen molar-refractivity contribution in [2.24, 2.45) is 0 Å². The van der Waals surface area contributed by atoms with Gasteiger partial charge in [0, 0.05) is 16.6 Å². The standard InChI is InChI=1S/C11H10N2/c1-2-10-6-9-5-8(7-12)3-4-11(9)13-10/h3-6,13H,2H2,1H3. The van der Waals surface area contributed by atoms with Crippen LogP contribution in [0, 0.1) is 11.3 Å². The van der Waals surface area contributed by atoms with E-state index in [4.69, 9.17) is 5.26 Å². The number of aromatic amines is 1. The summed E-state index contributed by atoms with van der Waals surface area (Å²) in [6.07, 6.45) is 0.997. The first kappa shape index (κ1) is 7.88. The molecule has 1 aromatic carbocycles. The zero-order valence-corrected chi connectivity index (χ0v) is 7.46. The second-order valence-corrected chi connectivity index (χ2v) is 3.06. The number of aryl methyl sites for hydroxylation is 1. The predicted octanol–water partition coefficient (Wildman–Crippen LogP) is 2.60. The highest BCUT2D eigenvalue weighted by atomic mass is 14.7. The summed E-state index contributed by atoms with van der Waals surface area (Å²) in [7, 11) is 0. The minimum atomic E-state index is 0.717. The molecule has 1 heterocycles. The minimum absolute atomic E-state index is 0.717. The summed E-state index contributed by atoms with van der Waals surface area (Å²) in [6.45, 7) is 2.11. The van der Waals surface area contributed by atoms with Crippen LogP contribution in [0.1, 0.15) is 18.2 Å². The fourth-order valence-electron chi connectivity index (χ4n) is 1.45. The second-order valence-electron chi connectivity index (χ2n) is 3.06. The van der Waals surface area contributed by atoms with Crippen LogP contribution in [0.15, 0.2) is 24.3 Å². The number of benzene rings is 1. The molecule has 0 atom stereocenters. The smallest absolute Gasteiger partial charge is 0.0991 e. The maximum atomic E-state index is 8.70. The molecule has 0 saturated heterocycles. The van der Waals surface area contributed by atoms with Crippen molar-refractivity contribution in [1.82, 2.24) is 4.98 Å². The maximum absolute atomic E-state index is 8.70. The van der Waals surface area contributed by atoms with Crippen LogP contribution in [0.2, 0.25) is 0 Å². The fraction of sp³-hybridized carbons (Fsp3) is 0.182. The van der Waals surface area contributed by atoms with E-state index in [9.17, 15) is 0 Å². The lowest BCUT2D eigenvalue weighted by Crippen LogP contribution is -1.75. The number of nitriles is 1. The lowest BCUT2D eigenvalue weighted by molar-refractivity contribution is 1.07. The van der Waals surface area contributed by atoms with Crippen LogP contribution >= 0.6 is 0 Å². The summed E-state index contributed by atoms with van der Waals surface area (Å²) < 4.78 is 0. The van der Waals surface area contributed by atoms with Gasteiger partial charge >= 0.3 is 0 Å². The number of rotatable bonds is 1. The van der Waals surface area contributed by atoms with Crippen molar-refractivity contribution in [3.8, 4) is 6.07 Å². The highest BCUT2D eigenvalue weighted by Crippen LogP contribution is 2.16. The number of H-pyrrole nitrogens is 1. The molecule has 0 unspecified atom stereocenters. The molecule has 0 aliphatic heterocycles. The summed E-state index contributed by atoms with van der Waals surface area (Å²) in [5.74, 6) is 0. The third kappa shape index (κ3) is 1.29. The van der Waals surface area contributed by atoms with Gasteiger partial charge in [-0.05, 0) is 30.7 Å². The van der Waals surface area contributed by atoms with Gasteiger partial charge in [0.2, 0.25) is 0 Å². The Morgan fingerprint density at radius 1 is 1.38 bits per heavy atom. The van der Waals surface area contributed by atoms with Gasteiger partial charge in [0.05, 0.1) is 11.6 Å². The zero-order valence-electron chi connectivity index (χ0n) is 7.46. The van der Waals surface area contributed by atoms with E-state index < -0.39 is 0 Å². The predicted molar refractivity (Wildman–Crippen MR) is 52.4 cm³/mol. The Morgan fingerprint density at radius 3 is 2.92 bits per heavy atom. The highest BCUT2D eigenvalue weighted by molar-refractivity contribution is 5.81. The van der Waals surface area contributed by atoms with Crippen LogP contribution < -0.4 is 0 Å². The molecule has 13 heavy (non-hydrogen) atoms. The molecular formula is C11H10N2. The van der Waals surface area contributed by atoms with Crippen LogP contribution in [0.3, 0.4) is 0 Å². The molecule has 2 heteroatoms. The van der Waals surface area contributed by atoms with Gasteiger partial charge in [-0.1, -0.05) is 6.92 Å². The average molecular weight is 170 g/mol. The third-order valence-corrected chi connectivity index (χ3v) is 2.19. The van der Waals surface area contributed by atoms with Gasteiger partial charge < -0.3 is 4.98 Å². The molecule has 0 aliphatic carbocycles. The molecule has 2 nitrogen and oxygen atoms in total. The number of aromatic nitrogens is 1. The molecule has 1 aromatic heterocycles. The molecule has 0 radical (unpaired) electrons. The Labute approximate surface area is 76.8 Å². The van der Waals surface area contributed by atoms with Gasteiger partial charge in [-0.2, -0.15) is 5.26 Å². The molecular weight excluding hydrogens is 160 g/mol.